The zero-order chi connectivity index (χ0) is 15.3. The van der Waals surface area contributed by atoms with Crippen LogP contribution in [0.15, 0.2) is 34.1 Å². The second-order valence-electron chi connectivity index (χ2n) is 4.38. The number of fused-ring (bicyclic) bond motifs is 1. The van der Waals surface area contributed by atoms with Crippen LogP contribution in [0.3, 0.4) is 0 Å². The van der Waals surface area contributed by atoms with Gasteiger partial charge in [0.2, 0.25) is 0 Å². The van der Waals surface area contributed by atoms with Gasteiger partial charge in [0.05, 0.1) is 9.80 Å². The van der Waals surface area contributed by atoms with Gasteiger partial charge in [-0.3, -0.25) is 14.8 Å². The Labute approximate surface area is 115 Å². The van der Waals surface area contributed by atoms with E-state index in [0.29, 0.717) is 0 Å². The molecule has 1 unspecified atom stereocenters. The minimum Gasteiger partial charge on any atom is -0.368 e. The molecule has 0 saturated heterocycles. The first-order chi connectivity index (χ1) is 8.91. The van der Waals surface area contributed by atoms with Gasteiger partial charge >= 0.3 is 0 Å². The van der Waals surface area contributed by atoms with Crippen LogP contribution in [0.2, 0.25) is 0 Å². The number of nitrogens with two attached hydrogens (primary N) is 1. The summed E-state index contributed by atoms with van der Waals surface area (Å²) in [5.74, 6) is 0. The monoisotopic (exact) mass is 321 g/mol. The zero-order valence-electron chi connectivity index (χ0n) is 9.88. The lowest BCUT2D eigenvalue weighted by atomic mass is 9.90. The van der Waals surface area contributed by atoms with Gasteiger partial charge in [0.15, 0.2) is 5.72 Å². The van der Waals surface area contributed by atoms with Gasteiger partial charge in [-0.05, 0) is 23.8 Å². The van der Waals surface area contributed by atoms with Gasteiger partial charge in [0.25, 0.3) is 20.2 Å². The van der Waals surface area contributed by atoms with Crippen molar-refractivity contribution in [3.63, 3.8) is 0 Å². The molecule has 1 atom stereocenters. The highest BCUT2D eigenvalue weighted by Crippen LogP contribution is 2.33. The number of allylic oxidation sites excluding steroid dienone is 1. The van der Waals surface area contributed by atoms with Crippen LogP contribution < -0.4 is 5.73 Å². The van der Waals surface area contributed by atoms with E-state index in [1.54, 1.807) is 0 Å². The topological polar surface area (TPSA) is 155 Å². The molecule has 1 aliphatic carbocycles. The van der Waals surface area contributed by atoms with E-state index in [1.165, 1.54) is 0 Å². The fraction of sp³-hybridized carbons (Fsp3) is 0.200. The fourth-order valence-corrected chi connectivity index (χ4v) is 3.19. The predicted octanol–water partition coefficient (Wildman–Crippen LogP) is -0.635. The molecule has 2 rings (SSSR count). The molecule has 0 radical (unpaired) electrons. The Hall–Kier alpha value is -1.30. The van der Waals surface area contributed by atoms with E-state index in [-0.39, 0.29) is 17.5 Å². The molecule has 0 saturated carbocycles. The van der Waals surface area contributed by atoms with E-state index >= 15 is 0 Å². The lowest BCUT2D eigenvalue weighted by Crippen LogP contribution is -2.38. The van der Waals surface area contributed by atoms with E-state index in [0.717, 1.165) is 24.3 Å². The van der Waals surface area contributed by atoms with E-state index in [4.69, 9.17) is 14.8 Å². The van der Waals surface area contributed by atoms with Crippen LogP contribution in [0.25, 0.3) is 0 Å². The molecule has 10 heteroatoms. The average Bonchev–Trinajstić information content (AvgIpc) is 2.24. The maximum absolute atomic E-state index is 11.1. The van der Waals surface area contributed by atoms with Crippen LogP contribution in [-0.2, 0) is 32.4 Å². The molecule has 1 aliphatic rings. The minimum atomic E-state index is -4.58. The number of hydrogen-bond donors (Lipinski definition) is 4. The lowest BCUT2D eigenvalue weighted by molar-refractivity contribution is 0.0935. The van der Waals surface area contributed by atoms with Crippen molar-refractivity contribution in [3.05, 3.63) is 40.3 Å². The summed E-state index contributed by atoms with van der Waals surface area (Å²) in [6.07, 6.45) is 0.425. The van der Waals surface area contributed by atoms with E-state index < -0.39 is 35.8 Å². The molecule has 1 aromatic rings. The Morgan fingerprint density at radius 3 is 2.20 bits per heavy atom. The largest absolute Gasteiger partial charge is 0.368 e. The number of aliphatic hydroxyl groups is 1. The first kappa shape index (κ1) is 15.1. The molecule has 0 bridgehead atoms. The normalized spacial score (nSPS) is 23.1. The Balaban J connectivity index is 2.66. The summed E-state index contributed by atoms with van der Waals surface area (Å²) in [6, 6.07) is 3.18. The van der Waals surface area contributed by atoms with Crippen LogP contribution in [-0.4, -0.2) is 31.0 Å². The molecule has 5 N–H and O–H groups in total. The van der Waals surface area contributed by atoms with Gasteiger partial charge in [0.1, 0.15) is 0 Å². The summed E-state index contributed by atoms with van der Waals surface area (Å²) < 4.78 is 62.3. The second kappa shape index (κ2) is 4.35. The first-order valence-corrected chi connectivity index (χ1v) is 8.10. The van der Waals surface area contributed by atoms with Gasteiger partial charge < -0.3 is 5.11 Å². The summed E-state index contributed by atoms with van der Waals surface area (Å²) in [5.41, 5.74) is 3.51. The number of hydrogen-bond acceptors (Lipinski definition) is 6. The average molecular weight is 321 g/mol. The van der Waals surface area contributed by atoms with Crippen molar-refractivity contribution >= 4 is 20.2 Å². The maximum atomic E-state index is 11.1. The summed E-state index contributed by atoms with van der Waals surface area (Å²) >= 11 is 0. The van der Waals surface area contributed by atoms with Gasteiger partial charge in [-0.2, -0.15) is 16.8 Å². The molecule has 1 aromatic carbocycles. The molecule has 0 heterocycles. The van der Waals surface area contributed by atoms with Gasteiger partial charge in [0, 0.05) is 12.0 Å². The molecule has 0 amide bonds. The maximum Gasteiger partial charge on any atom is 0.294 e. The highest BCUT2D eigenvalue weighted by Gasteiger charge is 2.34. The Bertz CT molecular complexity index is 806. The Morgan fingerprint density at radius 1 is 1.10 bits per heavy atom. The molecule has 0 spiro atoms. The Kier molecular flexibility index (Phi) is 3.28. The standard InChI is InChI=1S/C10H11NO7S2/c11-10(12)5-8(20(16,17)18)4-6-3-7(19(13,14)15)1-2-9(6)10/h1-3,5,12H,4,11H2,(H,13,14,15)(H,16,17,18). The molecule has 0 fully saturated rings. The highest BCUT2D eigenvalue weighted by atomic mass is 32.2. The first-order valence-electron chi connectivity index (χ1n) is 5.22. The third-order valence-corrected chi connectivity index (χ3v) is 4.66. The van der Waals surface area contributed by atoms with Gasteiger partial charge in [-0.15, -0.1) is 0 Å². The van der Waals surface area contributed by atoms with Crippen LogP contribution in [0, 0.1) is 0 Å². The van der Waals surface area contributed by atoms with E-state index in [1.807, 2.05) is 0 Å². The summed E-state index contributed by atoms with van der Waals surface area (Å²) in [5, 5.41) is 9.97. The molecule has 110 valence electrons. The zero-order valence-corrected chi connectivity index (χ0v) is 11.5. The summed E-state index contributed by atoms with van der Waals surface area (Å²) in [6.45, 7) is 0. The third-order valence-electron chi connectivity index (χ3n) is 2.88. The van der Waals surface area contributed by atoms with Gasteiger partial charge in [-0.1, -0.05) is 6.07 Å². The molecule has 0 aromatic heterocycles. The highest BCUT2D eigenvalue weighted by molar-refractivity contribution is 7.89. The van der Waals surface area contributed by atoms with Crippen molar-refractivity contribution in [1.82, 2.24) is 0 Å². The third kappa shape index (κ3) is 2.75. The van der Waals surface area contributed by atoms with E-state index in [2.05, 4.69) is 0 Å². The second-order valence-corrected chi connectivity index (χ2v) is 7.28. The molecule has 8 nitrogen and oxygen atoms in total. The predicted molar refractivity (Wildman–Crippen MR) is 67.7 cm³/mol. The van der Waals surface area contributed by atoms with Crippen LogP contribution in [0.4, 0.5) is 0 Å². The molecular weight excluding hydrogens is 310 g/mol. The van der Waals surface area contributed by atoms with Crippen molar-refractivity contribution in [1.29, 1.82) is 0 Å². The van der Waals surface area contributed by atoms with Gasteiger partial charge in [-0.25, -0.2) is 0 Å². The quantitative estimate of drug-likeness (QED) is 0.414. The molecule has 0 aliphatic heterocycles. The molecule has 20 heavy (non-hydrogen) atoms. The van der Waals surface area contributed by atoms with E-state index in [9.17, 15) is 21.9 Å². The number of rotatable bonds is 2. The van der Waals surface area contributed by atoms with Crippen molar-refractivity contribution in [2.75, 3.05) is 0 Å². The van der Waals surface area contributed by atoms with Crippen molar-refractivity contribution in [2.45, 2.75) is 17.0 Å². The van der Waals surface area contributed by atoms with Crippen molar-refractivity contribution in [3.8, 4) is 0 Å². The smallest absolute Gasteiger partial charge is 0.294 e. The Morgan fingerprint density at radius 2 is 1.70 bits per heavy atom. The van der Waals surface area contributed by atoms with Crippen molar-refractivity contribution in [2.24, 2.45) is 5.73 Å². The molecular formula is C10H11NO7S2. The van der Waals surface area contributed by atoms with Crippen molar-refractivity contribution < 1.29 is 31.0 Å². The summed E-state index contributed by atoms with van der Waals surface area (Å²) in [4.78, 5) is -1.02. The van der Waals surface area contributed by atoms with Crippen LogP contribution in [0.1, 0.15) is 11.1 Å². The van der Waals surface area contributed by atoms with Crippen LogP contribution in [0.5, 0.6) is 0 Å². The lowest BCUT2D eigenvalue weighted by Gasteiger charge is -2.28. The summed E-state index contributed by atoms with van der Waals surface area (Å²) in [7, 11) is -9.06. The number of benzene rings is 1. The minimum absolute atomic E-state index is 0.0697. The SMILES string of the molecule is NC1(O)C=C(S(=O)(=O)O)Cc2cc(S(=O)(=O)O)ccc21. The van der Waals surface area contributed by atoms with Crippen LogP contribution >= 0.6 is 0 Å². The fourth-order valence-electron chi connectivity index (χ4n) is 2.00.